The summed E-state index contributed by atoms with van der Waals surface area (Å²) in [5.74, 6) is -0.217. The highest BCUT2D eigenvalue weighted by Gasteiger charge is 2.41. The second-order valence-corrected chi connectivity index (χ2v) is 4.53. The Morgan fingerprint density at radius 3 is 3.06 bits per heavy atom. The van der Waals surface area contributed by atoms with Gasteiger partial charge in [-0.3, -0.25) is 9.79 Å². The highest BCUT2D eigenvalue weighted by Crippen LogP contribution is 2.33. The lowest BCUT2D eigenvalue weighted by Gasteiger charge is -2.38. The zero-order chi connectivity index (χ0) is 11.2. The summed E-state index contributed by atoms with van der Waals surface area (Å²) in [6.07, 6.45) is 1.77. The zero-order valence-corrected chi connectivity index (χ0v) is 9.19. The molecule has 16 heavy (non-hydrogen) atoms. The van der Waals surface area contributed by atoms with Crippen LogP contribution in [-0.2, 0) is 16.0 Å². The van der Waals surface area contributed by atoms with Crippen LogP contribution in [0.3, 0.4) is 0 Å². The van der Waals surface area contributed by atoms with Gasteiger partial charge in [0.2, 0.25) is 0 Å². The number of carbonyl (C=O) groups excluding carboxylic acids is 1. The van der Waals surface area contributed by atoms with E-state index >= 15 is 0 Å². The standard InChI is InChI=1S/C13H13NO2/c1-13-7-6-9-4-2-3-5-10(9)12(13)14-8-11(15)16-13/h2-5H,6-8H2,1H3/t13-/m1/s1. The molecule has 1 aromatic carbocycles. The lowest BCUT2D eigenvalue weighted by atomic mass is 9.79. The highest BCUT2D eigenvalue weighted by atomic mass is 16.6. The SMILES string of the molecule is C[C@@]12CCc3ccccc3C1=NCC(=O)O2. The van der Waals surface area contributed by atoms with Crippen LogP contribution in [0.2, 0.25) is 0 Å². The van der Waals surface area contributed by atoms with E-state index in [2.05, 4.69) is 17.1 Å². The molecule has 0 spiro atoms. The first kappa shape index (κ1) is 9.58. The fraction of sp³-hybridized carbons (Fsp3) is 0.385. The first-order chi connectivity index (χ1) is 7.69. The minimum atomic E-state index is -0.510. The maximum atomic E-state index is 11.3. The van der Waals surface area contributed by atoms with Gasteiger partial charge in [0.25, 0.3) is 0 Å². The fourth-order valence-corrected chi connectivity index (χ4v) is 2.52. The van der Waals surface area contributed by atoms with Gasteiger partial charge in [-0.2, -0.15) is 0 Å². The molecule has 0 saturated heterocycles. The molecule has 0 fully saturated rings. The summed E-state index contributed by atoms with van der Waals surface area (Å²) >= 11 is 0. The van der Waals surface area contributed by atoms with Gasteiger partial charge in [0.15, 0.2) is 5.60 Å². The van der Waals surface area contributed by atoms with Gasteiger partial charge in [-0.25, -0.2) is 0 Å². The quantitative estimate of drug-likeness (QED) is 0.618. The molecule has 3 rings (SSSR count). The van der Waals surface area contributed by atoms with Crippen LogP contribution in [0.5, 0.6) is 0 Å². The fourth-order valence-electron chi connectivity index (χ4n) is 2.52. The summed E-state index contributed by atoms with van der Waals surface area (Å²) in [5.41, 5.74) is 2.87. The molecular formula is C13H13NO2. The molecule has 0 N–H and O–H groups in total. The van der Waals surface area contributed by atoms with Crippen LogP contribution in [0.4, 0.5) is 0 Å². The average molecular weight is 215 g/mol. The van der Waals surface area contributed by atoms with E-state index in [1.165, 1.54) is 5.56 Å². The van der Waals surface area contributed by atoms with Crippen LogP contribution in [0, 0.1) is 0 Å². The Hall–Kier alpha value is -1.64. The number of fused-ring (bicyclic) bond motifs is 3. The number of rotatable bonds is 0. The van der Waals surface area contributed by atoms with Crippen LogP contribution < -0.4 is 0 Å². The number of ether oxygens (including phenoxy) is 1. The summed E-state index contributed by atoms with van der Waals surface area (Å²) < 4.78 is 5.46. The van der Waals surface area contributed by atoms with Gasteiger partial charge >= 0.3 is 5.97 Å². The third-order valence-electron chi connectivity index (χ3n) is 3.35. The number of hydrogen-bond donors (Lipinski definition) is 0. The van der Waals surface area contributed by atoms with E-state index in [1.807, 2.05) is 19.1 Å². The van der Waals surface area contributed by atoms with Crippen LogP contribution in [0.1, 0.15) is 24.5 Å². The van der Waals surface area contributed by atoms with Gasteiger partial charge in [-0.05, 0) is 25.3 Å². The zero-order valence-electron chi connectivity index (χ0n) is 9.19. The van der Waals surface area contributed by atoms with Gasteiger partial charge < -0.3 is 4.74 Å². The predicted molar refractivity (Wildman–Crippen MR) is 60.7 cm³/mol. The van der Waals surface area contributed by atoms with Crippen molar-refractivity contribution in [3.8, 4) is 0 Å². The third-order valence-corrected chi connectivity index (χ3v) is 3.35. The van der Waals surface area contributed by atoms with E-state index in [4.69, 9.17) is 4.74 Å². The summed E-state index contributed by atoms with van der Waals surface area (Å²) in [6, 6.07) is 8.22. The lowest BCUT2D eigenvalue weighted by molar-refractivity contribution is -0.152. The Morgan fingerprint density at radius 1 is 1.38 bits per heavy atom. The summed E-state index contributed by atoms with van der Waals surface area (Å²) in [5, 5.41) is 0. The van der Waals surface area contributed by atoms with Gasteiger partial charge in [-0.15, -0.1) is 0 Å². The van der Waals surface area contributed by atoms with Gasteiger partial charge in [0.1, 0.15) is 6.54 Å². The van der Waals surface area contributed by atoms with Gasteiger partial charge in [-0.1, -0.05) is 24.3 Å². The Balaban J connectivity index is 2.16. The third kappa shape index (κ3) is 1.28. The van der Waals surface area contributed by atoms with Gasteiger partial charge in [0.05, 0.1) is 5.71 Å². The molecule has 2 aliphatic rings. The number of benzene rings is 1. The molecule has 0 bridgehead atoms. The highest BCUT2D eigenvalue weighted by molar-refractivity contribution is 6.11. The molecule has 1 atom stereocenters. The predicted octanol–water partition coefficient (Wildman–Crippen LogP) is 1.74. The molecule has 1 aromatic rings. The molecule has 1 heterocycles. The Labute approximate surface area is 94.1 Å². The van der Waals surface area contributed by atoms with E-state index in [1.54, 1.807) is 0 Å². The number of aliphatic imine (C=N–C) groups is 1. The van der Waals surface area contributed by atoms with Crippen LogP contribution in [0.25, 0.3) is 0 Å². The molecule has 3 nitrogen and oxygen atoms in total. The van der Waals surface area contributed by atoms with Crippen molar-refractivity contribution in [3.63, 3.8) is 0 Å². The molecule has 0 amide bonds. The molecular weight excluding hydrogens is 202 g/mol. The molecule has 0 radical (unpaired) electrons. The van der Waals surface area contributed by atoms with E-state index < -0.39 is 5.60 Å². The van der Waals surface area contributed by atoms with Crippen molar-refractivity contribution in [2.45, 2.75) is 25.4 Å². The number of esters is 1. The smallest absolute Gasteiger partial charge is 0.328 e. The Bertz CT molecular complexity index is 492. The normalized spacial score (nSPS) is 27.6. The van der Waals surface area contributed by atoms with Crippen molar-refractivity contribution in [1.82, 2.24) is 0 Å². The molecule has 0 aromatic heterocycles. The largest absolute Gasteiger partial charge is 0.451 e. The molecule has 0 unspecified atom stereocenters. The second-order valence-electron chi connectivity index (χ2n) is 4.53. The number of hydrogen-bond acceptors (Lipinski definition) is 3. The average Bonchev–Trinajstić information content (AvgIpc) is 2.27. The molecule has 0 saturated carbocycles. The molecule has 3 heteroatoms. The van der Waals surface area contributed by atoms with E-state index in [0.29, 0.717) is 0 Å². The summed E-state index contributed by atoms with van der Waals surface area (Å²) in [4.78, 5) is 15.7. The maximum Gasteiger partial charge on any atom is 0.328 e. The monoisotopic (exact) mass is 215 g/mol. The lowest BCUT2D eigenvalue weighted by Crippen LogP contribution is -2.48. The second kappa shape index (κ2) is 3.17. The molecule has 1 aliphatic carbocycles. The van der Waals surface area contributed by atoms with Gasteiger partial charge in [0, 0.05) is 5.56 Å². The van der Waals surface area contributed by atoms with E-state index in [9.17, 15) is 4.79 Å². The van der Waals surface area contributed by atoms with Crippen molar-refractivity contribution in [1.29, 1.82) is 0 Å². The van der Waals surface area contributed by atoms with Crippen molar-refractivity contribution in [2.24, 2.45) is 4.99 Å². The topological polar surface area (TPSA) is 38.7 Å². The number of nitrogens with zero attached hydrogens (tertiary/aromatic N) is 1. The van der Waals surface area contributed by atoms with E-state index in [-0.39, 0.29) is 12.5 Å². The number of carbonyl (C=O) groups is 1. The first-order valence-corrected chi connectivity index (χ1v) is 5.54. The Morgan fingerprint density at radius 2 is 2.19 bits per heavy atom. The van der Waals surface area contributed by atoms with Crippen LogP contribution in [-0.4, -0.2) is 23.8 Å². The van der Waals surface area contributed by atoms with Crippen molar-refractivity contribution in [2.75, 3.05) is 6.54 Å². The molecule has 1 aliphatic heterocycles. The summed E-state index contributed by atoms with van der Waals surface area (Å²) in [7, 11) is 0. The van der Waals surface area contributed by atoms with Crippen molar-refractivity contribution >= 4 is 11.7 Å². The minimum Gasteiger partial charge on any atom is -0.451 e. The number of aryl methyl sites for hydroxylation is 1. The van der Waals surface area contributed by atoms with Crippen molar-refractivity contribution < 1.29 is 9.53 Å². The van der Waals surface area contributed by atoms with Crippen molar-refractivity contribution in [3.05, 3.63) is 35.4 Å². The first-order valence-electron chi connectivity index (χ1n) is 5.54. The van der Waals surface area contributed by atoms with Crippen LogP contribution in [0.15, 0.2) is 29.3 Å². The maximum absolute atomic E-state index is 11.3. The summed E-state index contributed by atoms with van der Waals surface area (Å²) in [6.45, 7) is 2.11. The Kier molecular flexibility index (Phi) is 1.90. The molecule has 82 valence electrons. The van der Waals surface area contributed by atoms with Crippen LogP contribution >= 0.6 is 0 Å². The van der Waals surface area contributed by atoms with E-state index in [0.717, 1.165) is 24.1 Å². The minimum absolute atomic E-state index is 0.152.